The number of hydrogen-bond donors (Lipinski definition) is 1. The normalized spacial score (nSPS) is 17.3. The van der Waals surface area contributed by atoms with E-state index in [0.29, 0.717) is 22.0 Å². The summed E-state index contributed by atoms with van der Waals surface area (Å²) in [7, 11) is 1.50. The number of carbonyl (C=O) groups is 2. The Morgan fingerprint density at radius 3 is 2.33 bits per heavy atom. The monoisotopic (exact) mass is 464 g/mol. The van der Waals surface area contributed by atoms with Crippen LogP contribution in [0.2, 0.25) is 5.02 Å². The van der Waals surface area contributed by atoms with Crippen molar-refractivity contribution in [1.82, 2.24) is 0 Å². The third-order valence-electron chi connectivity index (χ3n) is 5.31. The number of methoxy groups -OCH3 is 1. The van der Waals surface area contributed by atoms with Crippen molar-refractivity contribution >= 4 is 40.4 Å². The molecule has 0 unspecified atom stereocenters. The first-order valence-corrected chi connectivity index (χ1v) is 10.1. The molecule has 1 fully saturated rings. The fraction of sp³-hybridized carbons (Fsp3) is 0.0833. The second-order valence-electron chi connectivity index (χ2n) is 7.23. The molecule has 0 radical (unpaired) electrons. The average molecular weight is 465 g/mol. The predicted molar refractivity (Wildman–Crippen MR) is 122 cm³/mol. The van der Waals surface area contributed by atoms with Crippen LogP contribution in [-0.2, 0) is 9.59 Å². The lowest BCUT2D eigenvalue weighted by atomic mass is 9.95. The molecule has 1 aliphatic rings. The van der Waals surface area contributed by atoms with E-state index in [2.05, 4.69) is 0 Å². The first kappa shape index (κ1) is 22.0. The zero-order chi connectivity index (χ0) is 23.7. The van der Waals surface area contributed by atoms with Crippen LogP contribution >= 0.6 is 11.6 Å². The third-order valence-corrected chi connectivity index (χ3v) is 5.56. The molecular formula is C24H17ClN2O6. The summed E-state index contributed by atoms with van der Waals surface area (Å²) in [6.07, 6.45) is 0. The molecule has 1 N–H and O–H groups in total. The van der Waals surface area contributed by atoms with E-state index in [1.807, 2.05) is 0 Å². The van der Waals surface area contributed by atoms with Crippen molar-refractivity contribution in [3.8, 4) is 5.75 Å². The number of nitro benzene ring substituents is 1. The van der Waals surface area contributed by atoms with Crippen LogP contribution in [0, 0.1) is 10.1 Å². The van der Waals surface area contributed by atoms with Crippen LogP contribution in [0.1, 0.15) is 17.2 Å². The maximum absolute atomic E-state index is 13.1. The summed E-state index contributed by atoms with van der Waals surface area (Å²) in [5, 5.41) is 22.8. The number of amides is 1. The van der Waals surface area contributed by atoms with Crippen LogP contribution in [-0.4, -0.2) is 28.8 Å². The van der Waals surface area contributed by atoms with Crippen molar-refractivity contribution < 1.29 is 24.4 Å². The summed E-state index contributed by atoms with van der Waals surface area (Å²) >= 11 is 5.93. The van der Waals surface area contributed by atoms with E-state index in [-0.39, 0.29) is 16.8 Å². The van der Waals surface area contributed by atoms with E-state index >= 15 is 0 Å². The second-order valence-corrected chi connectivity index (χ2v) is 7.66. The van der Waals surface area contributed by atoms with Crippen LogP contribution in [0.5, 0.6) is 5.75 Å². The maximum Gasteiger partial charge on any atom is 0.300 e. The van der Waals surface area contributed by atoms with Gasteiger partial charge in [-0.05, 0) is 54.1 Å². The summed E-state index contributed by atoms with van der Waals surface area (Å²) in [5.41, 5.74) is 0.555. The number of ether oxygens (including phenoxy) is 1. The summed E-state index contributed by atoms with van der Waals surface area (Å²) in [4.78, 5) is 38.2. The van der Waals surface area contributed by atoms with Crippen molar-refractivity contribution in [2.24, 2.45) is 0 Å². The smallest absolute Gasteiger partial charge is 0.300 e. The number of carbonyl (C=O) groups excluding carboxylic acids is 2. The van der Waals surface area contributed by atoms with E-state index in [0.717, 1.165) is 0 Å². The molecule has 33 heavy (non-hydrogen) atoms. The standard InChI is InChI=1S/C24H17ClN2O6/c1-33-19-11-9-17(10-12-19)26-21(15-3-2-4-18(13-15)27(31)32)20(23(29)24(26)30)22(28)14-5-7-16(25)8-6-14/h2-13,21,28H,1H3/t21-/m1/s1. The molecule has 166 valence electrons. The number of non-ortho nitro benzene ring substituents is 1. The highest BCUT2D eigenvalue weighted by molar-refractivity contribution is 6.51. The Morgan fingerprint density at radius 1 is 1.06 bits per heavy atom. The minimum atomic E-state index is -1.09. The molecule has 1 heterocycles. The molecule has 0 spiro atoms. The van der Waals surface area contributed by atoms with E-state index in [1.165, 1.54) is 42.3 Å². The van der Waals surface area contributed by atoms with Gasteiger partial charge in [-0.1, -0.05) is 23.7 Å². The van der Waals surface area contributed by atoms with Gasteiger partial charge in [0.25, 0.3) is 17.4 Å². The van der Waals surface area contributed by atoms with E-state index in [4.69, 9.17) is 16.3 Å². The van der Waals surface area contributed by atoms with Crippen molar-refractivity contribution in [3.63, 3.8) is 0 Å². The molecule has 0 bridgehead atoms. The Balaban J connectivity index is 1.94. The van der Waals surface area contributed by atoms with Crippen molar-refractivity contribution in [3.05, 3.63) is 105 Å². The Bertz CT molecular complexity index is 1290. The first-order valence-electron chi connectivity index (χ1n) is 9.77. The SMILES string of the molecule is COc1ccc(N2C(=O)C(=O)C(=C(O)c3ccc(Cl)cc3)[C@H]2c2cccc([N+](=O)[O-])c2)cc1. The van der Waals surface area contributed by atoms with Gasteiger partial charge in [-0.15, -0.1) is 0 Å². The van der Waals surface area contributed by atoms with Crippen LogP contribution in [0.3, 0.4) is 0 Å². The first-order chi connectivity index (χ1) is 15.8. The topological polar surface area (TPSA) is 110 Å². The fourth-order valence-electron chi connectivity index (χ4n) is 3.73. The Morgan fingerprint density at radius 2 is 1.73 bits per heavy atom. The number of nitro groups is 1. The van der Waals surface area contributed by atoms with Gasteiger partial charge < -0.3 is 9.84 Å². The zero-order valence-corrected chi connectivity index (χ0v) is 18.0. The van der Waals surface area contributed by atoms with E-state index in [1.54, 1.807) is 42.5 Å². The van der Waals surface area contributed by atoms with Crippen molar-refractivity contribution in [2.75, 3.05) is 12.0 Å². The number of hydrogen-bond acceptors (Lipinski definition) is 6. The lowest BCUT2D eigenvalue weighted by Gasteiger charge is -2.25. The van der Waals surface area contributed by atoms with E-state index in [9.17, 15) is 24.8 Å². The molecule has 0 aromatic heterocycles. The molecule has 9 heteroatoms. The van der Waals surface area contributed by atoms with Crippen molar-refractivity contribution in [1.29, 1.82) is 0 Å². The number of aliphatic hydroxyl groups excluding tert-OH is 1. The number of anilines is 1. The largest absolute Gasteiger partial charge is 0.507 e. The fourth-order valence-corrected chi connectivity index (χ4v) is 3.85. The Hall–Kier alpha value is -4.17. The summed E-state index contributed by atoms with van der Waals surface area (Å²) in [6, 6.07) is 17.1. The van der Waals surface area contributed by atoms with Gasteiger partial charge >= 0.3 is 0 Å². The molecule has 3 aromatic rings. The molecule has 1 atom stereocenters. The average Bonchev–Trinajstić information content (AvgIpc) is 3.09. The Kier molecular flexibility index (Phi) is 5.85. The number of nitrogens with zero attached hydrogens (tertiary/aromatic N) is 2. The second kappa shape index (κ2) is 8.76. The van der Waals surface area contributed by atoms with Gasteiger partial charge in [-0.25, -0.2) is 0 Å². The summed E-state index contributed by atoms with van der Waals surface area (Å²) < 4.78 is 5.15. The molecule has 8 nitrogen and oxygen atoms in total. The maximum atomic E-state index is 13.1. The minimum absolute atomic E-state index is 0.182. The van der Waals surface area contributed by atoms with Gasteiger partial charge in [-0.2, -0.15) is 0 Å². The number of rotatable bonds is 5. The molecular weight excluding hydrogens is 448 g/mol. The van der Waals surface area contributed by atoms with Gasteiger partial charge in [-0.3, -0.25) is 24.6 Å². The molecule has 1 aliphatic heterocycles. The van der Waals surface area contributed by atoms with Crippen molar-refractivity contribution in [2.45, 2.75) is 6.04 Å². The molecule has 4 rings (SSSR count). The van der Waals surface area contributed by atoms with Gasteiger partial charge in [0.15, 0.2) is 0 Å². The van der Waals surface area contributed by atoms with Crippen LogP contribution in [0.15, 0.2) is 78.4 Å². The van der Waals surface area contributed by atoms with Gasteiger partial charge in [0, 0.05) is 28.4 Å². The third kappa shape index (κ3) is 4.04. The molecule has 1 saturated heterocycles. The van der Waals surface area contributed by atoms with Gasteiger partial charge in [0.1, 0.15) is 11.5 Å². The summed E-state index contributed by atoms with van der Waals surface area (Å²) in [5.74, 6) is -1.64. The lowest BCUT2D eigenvalue weighted by Crippen LogP contribution is -2.29. The molecule has 1 amide bonds. The number of ketones is 1. The highest BCUT2D eigenvalue weighted by Crippen LogP contribution is 2.43. The number of Topliss-reactive ketones (excluding diaryl/α,β-unsaturated/α-hetero) is 1. The van der Waals surface area contributed by atoms with Crippen LogP contribution in [0.4, 0.5) is 11.4 Å². The van der Waals surface area contributed by atoms with Crippen LogP contribution < -0.4 is 9.64 Å². The highest BCUT2D eigenvalue weighted by atomic mass is 35.5. The van der Waals surface area contributed by atoms with Crippen LogP contribution in [0.25, 0.3) is 5.76 Å². The minimum Gasteiger partial charge on any atom is -0.507 e. The zero-order valence-electron chi connectivity index (χ0n) is 17.3. The number of halogens is 1. The highest BCUT2D eigenvalue weighted by Gasteiger charge is 2.47. The molecule has 3 aromatic carbocycles. The predicted octanol–water partition coefficient (Wildman–Crippen LogP) is 4.88. The molecule has 0 saturated carbocycles. The molecule has 0 aliphatic carbocycles. The lowest BCUT2D eigenvalue weighted by molar-refractivity contribution is -0.384. The number of aliphatic hydroxyl groups is 1. The van der Waals surface area contributed by atoms with Gasteiger partial charge in [0.05, 0.1) is 23.6 Å². The number of benzene rings is 3. The Labute approximate surface area is 193 Å². The van der Waals surface area contributed by atoms with E-state index < -0.39 is 28.4 Å². The quantitative estimate of drug-likeness (QED) is 0.189. The van der Waals surface area contributed by atoms with Gasteiger partial charge in [0.2, 0.25) is 0 Å². The summed E-state index contributed by atoms with van der Waals surface area (Å²) in [6.45, 7) is 0.